The average Bonchev–Trinajstić information content (AvgIpc) is 3.48. The number of amides is 1. The van der Waals surface area contributed by atoms with E-state index in [1.165, 1.54) is 22.4 Å². The number of halogens is 1. The topological polar surface area (TPSA) is 55.2 Å². The molecule has 1 fully saturated rings. The Morgan fingerprint density at radius 3 is 2.60 bits per heavy atom. The van der Waals surface area contributed by atoms with E-state index in [0.717, 1.165) is 31.2 Å². The van der Waals surface area contributed by atoms with Crippen LogP contribution in [0.15, 0.2) is 59.4 Å². The van der Waals surface area contributed by atoms with E-state index in [0.29, 0.717) is 5.69 Å². The predicted octanol–water partition coefficient (Wildman–Crippen LogP) is 3.97. The highest BCUT2D eigenvalue weighted by molar-refractivity contribution is 5.93. The largest absolute Gasteiger partial charge is 0.327 e. The van der Waals surface area contributed by atoms with E-state index in [2.05, 4.69) is 17.2 Å². The number of aromatic nitrogens is 2. The van der Waals surface area contributed by atoms with Crippen LogP contribution in [-0.4, -0.2) is 26.6 Å². The van der Waals surface area contributed by atoms with E-state index < -0.39 is 11.2 Å². The van der Waals surface area contributed by atoms with E-state index in [1.54, 1.807) is 25.1 Å². The number of rotatable bonds is 4. The van der Waals surface area contributed by atoms with Gasteiger partial charge in [0.05, 0.1) is 6.04 Å². The molecule has 0 bridgehead atoms. The molecule has 2 aromatic carbocycles. The minimum Gasteiger partial charge on any atom is -0.327 e. The van der Waals surface area contributed by atoms with Crippen molar-refractivity contribution in [2.24, 2.45) is 0 Å². The second kappa shape index (κ2) is 7.20. The summed E-state index contributed by atoms with van der Waals surface area (Å²) in [7, 11) is 0. The molecule has 5 nitrogen and oxygen atoms in total. The van der Waals surface area contributed by atoms with Crippen LogP contribution in [0.25, 0.3) is 5.69 Å². The lowest BCUT2D eigenvalue weighted by Crippen LogP contribution is -2.39. The molecule has 1 unspecified atom stereocenters. The van der Waals surface area contributed by atoms with Gasteiger partial charge in [0.2, 0.25) is 5.43 Å². The molecule has 1 heterocycles. The fourth-order valence-electron chi connectivity index (χ4n) is 4.42. The van der Waals surface area contributed by atoms with Crippen LogP contribution >= 0.6 is 0 Å². The number of hydrogen-bond donors (Lipinski definition) is 0. The molecule has 5 rings (SSSR count). The number of hydrogen-bond acceptors (Lipinski definition) is 3. The molecule has 1 atom stereocenters. The Morgan fingerprint density at radius 1 is 1.10 bits per heavy atom. The molecule has 0 spiro atoms. The first-order chi connectivity index (χ1) is 14.5. The van der Waals surface area contributed by atoms with Gasteiger partial charge in [0.1, 0.15) is 11.5 Å². The molecule has 2 aliphatic rings. The molecular formula is C24H22FN3O2. The Hall–Kier alpha value is -3.28. The van der Waals surface area contributed by atoms with Crippen molar-refractivity contribution in [2.45, 2.75) is 44.7 Å². The summed E-state index contributed by atoms with van der Waals surface area (Å²) in [6.07, 6.45) is 3.61. The van der Waals surface area contributed by atoms with Crippen LogP contribution in [0, 0.1) is 12.7 Å². The Balaban J connectivity index is 1.58. The smallest absolute Gasteiger partial charge is 0.279 e. The summed E-state index contributed by atoms with van der Waals surface area (Å²) in [5.41, 5.74) is 2.52. The number of carbonyl (C=O) groups excluding carboxylic acids is 1. The quantitative estimate of drug-likeness (QED) is 0.662. The summed E-state index contributed by atoms with van der Waals surface area (Å²) in [5, 5.41) is 4.33. The van der Waals surface area contributed by atoms with Crippen molar-refractivity contribution < 1.29 is 9.18 Å². The van der Waals surface area contributed by atoms with Crippen LogP contribution in [-0.2, 0) is 6.42 Å². The van der Waals surface area contributed by atoms with E-state index >= 15 is 0 Å². The van der Waals surface area contributed by atoms with Gasteiger partial charge in [0.15, 0.2) is 5.69 Å². The van der Waals surface area contributed by atoms with Crippen LogP contribution in [0.4, 0.5) is 4.39 Å². The van der Waals surface area contributed by atoms with Crippen molar-refractivity contribution in [1.82, 2.24) is 14.7 Å². The zero-order valence-electron chi connectivity index (χ0n) is 16.7. The third-order valence-corrected chi connectivity index (χ3v) is 6.00. The minimum absolute atomic E-state index is 0.0504. The zero-order valence-corrected chi connectivity index (χ0v) is 16.7. The summed E-state index contributed by atoms with van der Waals surface area (Å²) in [6.45, 7) is 1.68. The molecule has 0 aliphatic heterocycles. The maximum absolute atomic E-state index is 14.4. The van der Waals surface area contributed by atoms with E-state index in [-0.39, 0.29) is 29.4 Å². The summed E-state index contributed by atoms with van der Waals surface area (Å²) < 4.78 is 15.7. The van der Waals surface area contributed by atoms with Gasteiger partial charge in [0, 0.05) is 17.8 Å². The zero-order chi connectivity index (χ0) is 20.8. The second-order valence-corrected chi connectivity index (χ2v) is 8.06. The van der Waals surface area contributed by atoms with Crippen LogP contribution in [0.1, 0.15) is 52.6 Å². The highest BCUT2D eigenvalue weighted by Gasteiger charge is 2.41. The van der Waals surface area contributed by atoms with Crippen molar-refractivity contribution in [3.63, 3.8) is 0 Å². The summed E-state index contributed by atoms with van der Waals surface area (Å²) >= 11 is 0. The number of aryl methyl sites for hydroxylation is 2. The molecule has 2 aliphatic carbocycles. The molecule has 152 valence electrons. The molecule has 0 saturated heterocycles. The van der Waals surface area contributed by atoms with Crippen LogP contribution in [0.3, 0.4) is 0 Å². The normalized spacial score (nSPS) is 17.6. The SMILES string of the molecule is Cc1cc(=O)c(C(=O)N(C2CC2)C2CCc3ccccc32)nn1-c1ccccc1F. The van der Waals surface area contributed by atoms with E-state index in [4.69, 9.17) is 0 Å². The van der Waals surface area contributed by atoms with Gasteiger partial charge in [-0.15, -0.1) is 0 Å². The van der Waals surface area contributed by atoms with E-state index in [9.17, 15) is 14.0 Å². The maximum Gasteiger partial charge on any atom is 0.279 e. The van der Waals surface area contributed by atoms with Crippen molar-refractivity contribution in [3.05, 3.63) is 93.2 Å². The number of para-hydroxylation sites is 1. The Bertz CT molecular complexity index is 1200. The van der Waals surface area contributed by atoms with Crippen molar-refractivity contribution in [2.75, 3.05) is 0 Å². The van der Waals surface area contributed by atoms with Crippen molar-refractivity contribution in [3.8, 4) is 5.69 Å². The highest BCUT2D eigenvalue weighted by Crippen LogP contribution is 2.42. The molecule has 0 radical (unpaired) electrons. The van der Waals surface area contributed by atoms with Gasteiger partial charge in [0.25, 0.3) is 5.91 Å². The first kappa shape index (κ1) is 18.7. The van der Waals surface area contributed by atoms with Gasteiger partial charge < -0.3 is 4.90 Å². The molecule has 0 N–H and O–H groups in total. The maximum atomic E-state index is 14.4. The van der Waals surface area contributed by atoms with E-state index in [1.807, 2.05) is 17.0 Å². The van der Waals surface area contributed by atoms with Gasteiger partial charge >= 0.3 is 0 Å². The monoisotopic (exact) mass is 403 g/mol. The lowest BCUT2D eigenvalue weighted by molar-refractivity contribution is 0.0648. The first-order valence-corrected chi connectivity index (χ1v) is 10.3. The Labute approximate surface area is 173 Å². The predicted molar refractivity (Wildman–Crippen MR) is 111 cm³/mol. The molecular weight excluding hydrogens is 381 g/mol. The van der Waals surface area contributed by atoms with Gasteiger partial charge in [-0.1, -0.05) is 36.4 Å². The highest BCUT2D eigenvalue weighted by atomic mass is 19.1. The molecule has 1 aromatic heterocycles. The molecule has 1 amide bonds. The van der Waals surface area contributed by atoms with Crippen LogP contribution in [0.2, 0.25) is 0 Å². The summed E-state index contributed by atoms with van der Waals surface area (Å²) in [6, 6.07) is 15.8. The fourth-order valence-corrected chi connectivity index (χ4v) is 4.42. The van der Waals surface area contributed by atoms with Gasteiger partial charge in [-0.05, 0) is 55.9 Å². The molecule has 6 heteroatoms. The Morgan fingerprint density at radius 2 is 1.83 bits per heavy atom. The lowest BCUT2D eigenvalue weighted by atomic mass is 10.1. The average molecular weight is 403 g/mol. The summed E-state index contributed by atoms with van der Waals surface area (Å²) in [4.78, 5) is 28.2. The van der Waals surface area contributed by atoms with Gasteiger partial charge in [-0.3, -0.25) is 9.59 Å². The molecule has 3 aromatic rings. The number of benzene rings is 2. The van der Waals surface area contributed by atoms with Crippen molar-refractivity contribution in [1.29, 1.82) is 0 Å². The first-order valence-electron chi connectivity index (χ1n) is 10.3. The Kier molecular flexibility index (Phi) is 4.50. The standard InChI is InChI=1S/C24H22FN3O2/c1-15-14-22(29)23(26-28(15)21-9-5-4-8-19(21)25)24(30)27(17-11-12-17)20-13-10-16-6-2-3-7-18(16)20/h2-9,14,17,20H,10-13H2,1H3. The number of carbonyl (C=O) groups is 1. The lowest BCUT2D eigenvalue weighted by Gasteiger charge is -2.29. The molecule has 30 heavy (non-hydrogen) atoms. The van der Waals surface area contributed by atoms with Gasteiger partial charge in [-0.25, -0.2) is 9.07 Å². The third-order valence-electron chi connectivity index (χ3n) is 6.00. The summed E-state index contributed by atoms with van der Waals surface area (Å²) in [5.74, 6) is -0.826. The number of fused-ring (bicyclic) bond motifs is 1. The third kappa shape index (κ3) is 3.12. The molecule has 1 saturated carbocycles. The fraction of sp³-hybridized carbons (Fsp3) is 0.292. The second-order valence-electron chi connectivity index (χ2n) is 8.06. The van der Waals surface area contributed by atoms with Gasteiger partial charge in [-0.2, -0.15) is 5.10 Å². The van der Waals surface area contributed by atoms with Crippen LogP contribution in [0.5, 0.6) is 0 Å². The van der Waals surface area contributed by atoms with Crippen molar-refractivity contribution >= 4 is 5.91 Å². The number of nitrogens with zero attached hydrogens (tertiary/aromatic N) is 3. The van der Waals surface area contributed by atoms with Crippen LogP contribution < -0.4 is 5.43 Å². The minimum atomic E-state index is -0.459.